The zero-order valence-corrected chi connectivity index (χ0v) is 11.1. The van der Waals surface area contributed by atoms with Gasteiger partial charge in [0.1, 0.15) is 0 Å². The lowest BCUT2D eigenvalue weighted by Crippen LogP contribution is -2.27. The molecule has 1 aromatic carbocycles. The summed E-state index contributed by atoms with van der Waals surface area (Å²) >= 11 is 0. The maximum atomic E-state index is 11.5. The van der Waals surface area contributed by atoms with Crippen LogP contribution in [-0.2, 0) is 15.8 Å². The van der Waals surface area contributed by atoms with Crippen molar-refractivity contribution in [3.8, 4) is 0 Å². The first-order valence-electron chi connectivity index (χ1n) is 5.64. The van der Waals surface area contributed by atoms with E-state index in [-0.39, 0.29) is 13.0 Å². The van der Waals surface area contributed by atoms with Gasteiger partial charge in [-0.2, -0.15) is 0 Å². The summed E-state index contributed by atoms with van der Waals surface area (Å²) in [6.45, 7) is -0.251. The molecule has 0 radical (unpaired) electrons. The third-order valence-electron chi connectivity index (χ3n) is 2.34. The molecule has 0 saturated heterocycles. The van der Waals surface area contributed by atoms with E-state index in [0.29, 0.717) is 17.3 Å². The van der Waals surface area contributed by atoms with Crippen LogP contribution in [0, 0.1) is 0 Å². The predicted octanol–water partition coefficient (Wildman–Crippen LogP) is 1.53. The summed E-state index contributed by atoms with van der Waals surface area (Å²) in [7, 11) is -4.24. The first-order valence-corrected chi connectivity index (χ1v) is 7.33. The summed E-state index contributed by atoms with van der Waals surface area (Å²) in [4.78, 5) is 28.6. The molecule has 0 aliphatic heterocycles. The van der Waals surface area contributed by atoms with Crippen molar-refractivity contribution in [3.63, 3.8) is 0 Å². The standard InChI is InChI=1S/C12H16NO5P/c14-12(8-7-11-5-2-1-3-6-11)13(15)9-4-10-19(16,17)18/h1-6,10,15H,7-9H2,(H2,16,17,18)/b10-4+. The number of carbonyl (C=O) groups excluding carboxylic acids is 1. The third-order valence-corrected chi connectivity index (χ3v) is 2.94. The van der Waals surface area contributed by atoms with Gasteiger partial charge in [0, 0.05) is 12.2 Å². The van der Waals surface area contributed by atoms with E-state index in [1.165, 1.54) is 0 Å². The first kappa shape index (κ1) is 15.6. The number of hydrogen-bond donors (Lipinski definition) is 3. The number of carbonyl (C=O) groups is 1. The van der Waals surface area contributed by atoms with Crippen LogP contribution in [0.15, 0.2) is 42.2 Å². The Kier molecular flexibility index (Phi) is 5.92. The van der Waals surface area contributed by atoms with Crippen molar-refractivity contribution >= 4 is 13.5 Å². The summed E-state index contributed by atoms with van der Waals surface area (Å²) in [5, 5.41) is 9.81. The molecule has 3 N–H and O–H groups in total. The van der Waals surface area contributed by atoms with Gasteiger partial charge in [0.2, 0.25) is 5.91 Å². The largest absolute Gasteiger partial charge is 0.348 e. The molecule has 1 aromatic rings. The van der Waals surface area contributed by atoms with Crippen LogP contribution in [0.3, 0.4) is 0 Å². The van der Waals surface area contributed by atoms with E-state index in [0.717, 1.165) is 11.6 Å². The van der Waals surface area contributed by atoms with Crippen LogP contribution in [0.25, 0.3) is 0 Å². The molecule has 0 heterocycles. The van der Waals surface area contributed by atoms with Crippen molar-refractivity contribution in [2.75, 3.05) is 6.54 Å². The minimum absolute atomic E-state index is 0.129. The number of benzene rings is 1. The van der Waals surface area contributed by atoms with E-state index in [4.69, 9.17) is 9.79 Å². The van der Waals surface area contributed by atoms with Crippen LogP contribution in [0.4, 0.5) is 0 Å². The second-order valence-corrected chi connectivity index (χ2v) is 5.41. The molecule has 0 aromatic heterocycles. The fourth-order valence-electron chi connectivity index (χ4n) is 1.41. The van der Waals surface area contributed by atoms with Gasteiger partial charge in [-0.1, -0.05) is 36.4 Å². The third kappa shape index (κ3) is 6.88. The normalized spacial score (nSPS) is 11.7. The monoisotopic (exact) mass is 285 g/mol. The van der Waals surface area contributed by atoms with Crippen molar-refractivity contribution in [1.29, 1.82) is 0 Å². The lowest BCUT2D eigenvalue weighted by molar-refractivity contribution is -0.162. The fraction of sp³-hybridized carbons (Fsp3) is 0.250. The van der Waals surface area contributed by atoms with Crippen LogP contribution < -0.4 is 0 Å². The Morgan fingerprint density at radius 1 is 1.26 bits per heavy atom. The highest BCUT2D eigenvalue weighted by Crippen LogP contribution is 2.35. The summed E-state index contributed by atoms with van der Waals surface area (Å²) < 4.78 is 10.5. The van der Waals surface area contributed by atoms with Gasteiger partial charge in [-0.05, 0) is 12.0 Å². The van der Waals surface area contributed by atoms with E-state index < -0.39 is 13.5 Å². The van der Waals surface area contributed by atoms with E-state index in [2.05, 4.69) is 0 Å². The molecule has 6 nitrogen and oxygen atoms in total. The van der Waals surface area contributed by atoms with Gasteiger partial charge in [0.05, 0.1) is 6.54 Å². The average molecular weight is 285 g/mol. The Morgan fingerprint density at radius 2 is 1.89 bits per heavy atom. The van der Waals surface area contributed by atoms with E-state index >= 15 is 0 Å². The Labute approximate surface area is 111 Å². The maximum Gasteiger partial charge on any atom is 0.348 e. The Balaban J connectivity index is 2.37. The molecule has 0 fully saturated rings. The predicted molar refractivity (Wildman–Crippen MR) is 69.4 cm³/mol. The number of aryl methyl sites for hydroxylation is 1. The van der Waals surface area contributed by atoms with Crippen molar-refractivity contribution in [1.82, 2.24) is 5.06 Å². The molecule has 0 bridgehead atoms. The van der Waals surface area contributed by atoms with Crippen molar-refractivity contribution in [3.05, 3.63) is 47.8 Å². The van der Waals surface area contributed by atoms with Crippen LogP contribution in [0.1, 0.15) is 12.0 Å². The summed E-state index contributed by atoms with van der Waals surface area (Å²) in [5.41, 5.74) is 0.981. The van der Waals surface area contributed by atoms with E-state index in [1.807, 2.05) is 30.3 Å². The Morgan fingerprint density at radius 3 is 2.47 bits per heavy atom. The molecule has 19 heavy (non-hydrogen) atoms. The highest BCUT2D eigenvalue weighted by molar-refractivity contribution is 7.55. The summed E-state index contributed by atoms with van der Waals surface area (Å²) in [6.07, 6.45) is 1.68. The molecule has 7 heteroatoms. The molecule has 0 unspecified atom stereocenters. The van der Waals surface area contributed by atoms with Gasteiger partial charge in [0.15, 0.2) is 0 Å². The topological polar surface area (TPSA) is 98.1 Å². The molecule has 104 valence electrons. The molecule has 0 spiro atoms. The van der Waals surface area contributed by atoms with E-state index in [1.54, 1.807) is 0 Å². The van der Waals surface area contributed by atoms with Gasteiger partial charge in [-0.3, -0.25) is 14.6 Å². The number of hydroxylamine groups is 2. The minimum atomic E-state index is -4.24. The van der Waals surface area contributed by atoms with Gasteiger partial charge in [0.25, 0.3) is 0 Å². The van der Waals surface area contributed by atoms with Crippen molar-refractivity contribution in [2.45, 2.75) is 12.8 Å². The molecular formula is C12H16NO5P. The van der Waals surface area contributed by atoms with Gasteiger partial charge in [-0.25, -0.2) is 5.06 Å². The Hall–Kier alpha value is -1.46. The van der Waals surface area contributed by atoms with Gasteiger partial charge in [-0.15, -0.1) is 0 Å². The summed E-state index contributed by atoms with van der Waals surface area (Å²) in [5.74, 6) is 0.153. The fourth-order valence-corrected chi connectivity index (χ4v) is 1.78. The minimum Gasteiger partial charge on any atom is -0.321 e. The van der Waals surface area contributed by atoms with Crippen LogP contribution in [-0.4, -0.2) is 32.5 Å². The zero-order chi connectivity index (χ0) is 14.3. The SMILES string of the molecule is O=C(CCc1ccccc1)N(O)C/C=C/P(=O)(O)O. The lowest BCUT2D eigenvalue weighted by atomic mass is 10.1. The number of rotatable bonds is 6. The highest BCUT2D eigenvalue weighted by Gasteiger charge is 2.10. The number of nitrogens with zero attached hydrogens (tertiary/aromatic N) is 1. The molecule has 0 aliphatic carbocycles. The van der Waals surface area contributed by atoms with E-state index in [9.17, 15) is 14.6 Å². The molecule has 1 amide bonds. The van der Waals surface area contributed by atoms with Crippen molar-refractivity contribution < 1.29 is 24.4 Å². The highest BCUT2D eigenvalue weighted by atomic mass is 31.2. The summed E-state index contributed by atoms with van der Waals surface area (Å²) in [6, 6.07) is 9.35. The number of amides is 1. The molecule has 0 aliphatic rings. The van der Waals surface area contributed by atoms with Gasteiger partial charge >= 0.3 is 7.60 Å². The number of hydrogen-bond acceptors (Lipinski definition) is 3. The quantitative estimate of drug-likeness (QED) is 0.418. The average Bonchev–Trinajstić information content (AvgIpc) is 2.35. The first-order chi connectivity index (χ1) is 8.88. The van der Waals surface area contributed by atoms with Crippen LogP contribution >= 0.6 is 7.60 Å². The molecule has 0 atom stereocenters. The lowest BCUT2D eigenvalue weighted by Gasteiger charge is -2.12. The molecule has 0 saturated carbocycles. The second kappa shape index (κ2) is 7.21. The smallest absolute Gasteiger partial charge is 0.321 e. The second-order valence-electron chi connectivity index (χ2n) is 3.94. The molecular weight excluding hydrogens is 269 g/mol. The maximum absolute atomic E-state index is 11.5. The zero-order valence-electron chi connectivity index (χ0n) is 10.2. The van der Waals surface area contributed by atoms with Crippen LogP contribution in [0.5, 0.6) is 0 Å². The Bertz CT molecular complexity index is 482. The van der Waals surface area contributed by atoms with Crippen LogP contribution in [0.2, 0.25) is 0 Å². The van der Waals surface area contributed by atoms with Gasteiger partial charge < -0.3 is 9.79 Å². The molecule has 1 rings (SSSR count). The van der Waals surface area contributed by atoms with Crippen molar-refractivity contribution in [2.24, 2.45) is 0 Å².